The van der Waals surface area contributed by atoms with E-state index in [0.717, 1.165) is 42.4 Å². The maximum atomic E-state index is 10.8. The Morgan fingerprint density at radius 1 is 0.750 bits per heavy atom. The van der Waals surface area contributed by atoms with E-state index in [-0.39, 0.29) is 23.6 Å². The molecule has 0 bridgehead atoms. The molecule has 3 heterocycles. The number of fused-ring (bicyclic) bond motifs is 1. The normalized spacial score (nSPS) is 19.8. The van der Waals surface area contributed by atoms with E-state index in [1.165, 1.54) is 11.1 Å². The van der Waals surface area contributed by atoms with E-state index in [1.54, 1.807) is 0 Å². The van der Waals surface area contributed by atoms with Crippen LogP contribution in [0.15, 0.2) is 72.8 Å². The van der Waals surface area contributed by atoms with E-state index in [9.17, 15) is 4.79 Å². The molecule has 0 radical (unpaired) electrons. The van der Waals surface area contributed by atoms with Gasteiger partial charge in [-0.1, -0.05) is 56.3 Å². The first kappa shape index (κ1) is 24.3. The van der Waals surface area contributed by atoms with Gasteiger partial charge in [0.15, 0.2) is 0 Å². The molecule has 3 aliphatic heterocycles. The van der Waals surface area contributed by atoms with Crippen LogP contribution in [0.25, 0.3) is 0 Å². The molecule has 0 aliphatic carbocycles. The Morgan fingerprint density at radius 3 is 1.75 bits per heavy atom. The highest BCUT2D eigenvalue weighted by molar-refractivity contribution is 5.75. The highest BCUT2D eigenvalue weighted by Crippen LogP contribution is 2.33. The van der Waals surface area contributed by atoms with Gasteiger partial charge in [-0.15, -0.1) is 0 Å². The monoisotopic (exact) mass is 488 g/mol. The summed E-state index contributed by atoms with van der Waals surface area (Å²) in [6, 6.07) is 24.3. The summed E-state index contributed by atoms with van der Waals surface area (Å²) >= 11 is 0. The summed E-state index contributed by atoms with van der Waals surface area (Å²) in [7, 11) is 0. The second kappa shape index (κ2) is 10.7. The SMILES string of the molecule is CC(C)(c1ccc(OCC2CO2)cc1)c1ccc(OCC2CO2)cc1.O=C1CCc2ccccc2O1. The Balaban J connectivity index is 0.000000202. The molecule has 3 aromatic rings. The fourth-order valence-electron chi connectivity index (χ4n) is 4.03. The number of rotatable bonds is 8. The van der Waals surface area contributed by atoms with Crippen LogP contribution in [-0.2, 0) is 26.1 Å². The first-order valence-corrected chi connectivity index (χ1v) is 12.5. The summed E-state index contributed by atoms with van der Waals surface area (Å²) in [6.07, 6.45) is 1.89. The Morgan fingerprint density at radius 2 is 1.25 bits per heavy atom. The summed E-state index contributed by atoms with van der Waals surface area (Å²) in [5.74, 6) is 2.38. The minimum Gasteiger partial charge on any atom is -0.491 e. The zero-order valence-electron chi connectivity index (χ0n) is 20.8. The maximum Gasteiger partial charge on any atom is 0.311 e. The molecule has 2 saturated heterocycles. The van der Waals surface area contributed by atoms with Gasteiger partial charge in [0.05, 0.1) is 19.6 Å². The van der Waals surface area contributed by atoms with E-state index < -0.39 is 0 Å². The van der Waals surface area contributed by atoms with Gasteiger partial charge in [0.1, 0.15) is 42.7 Å². The number of epoxide rings is 2. The number of carbonyl (C=O) groups excluding carboxylic acids is 1. The minimum absolute atomic E-state index is 0.0870. The van der Waals surface area contributed by atoms with Crippen molar-refractivity contribution in [3.05, 3.63) is 89.5 Å². The Hall–Kier alpha value is -3.35. The lowest BCUT2D eigenvalue weighted by Crippen LogP contribution is -2.18. The van der Waals surface area contributed by atoms with Crippen LogP contribution in [0.5, 0.6) is 17.2 Å². The number of aryl methyl sites for hydroxylation is 1. The molecular weight excluding hydrogens is 456 g/mol. The molecule has 6 heteroatoms. The summed E-state index contributed by atoms with van der Waals surface area (Å²) in [5, 5.41) is 0. The lowest BCUT2D eigenvalue weighted by atomic mass is 9.78. The van der Waals surface area contributed by atoms with Gasteiger partial charge >= 0.3 is 5.97 Å². The lowest BCUT2D eigenvalue weighted by Gasteiger charge is -2.26. The number of hydrogen-bond donors (Lipinski definition) is 0. The van der Waals surface area contributed by atoms with E-state index in [0.29, 0.717) is 19.6 Å². The highest BCUT2D eigenvalue weighted by Gasteiger charge is 2.26. The van der Waals surface area contributed by atoms with Crippen LogP contribution in [0.4, 0.5) is 0 Å². The average molecular weight is 489 g/mol. The summed E-state index contributed by atoms with van der Waals surface area (Å²) in [4.78, 5) is 10.8. The van der Waals surface area contributed by atoms with Gasteiger partial charge in [-0.05, 0) is 53.4 Å². The fourth-order valence-corrected chi connectivity index (χ4v) is 4.03. The van der Waals surface area contributed by atoms with Crippen LogP contribution in [0.2, 0.25) is 0 Å². The molecule has 36 heavy (non-hydrogen) atoms. The zero-order valence-corrected chi connectivity index (χ0v) is 20.8. The first-order chi connectivity index (χ1) is 17.5. The van der Waals surface area contributed by atoms with E-state index >= 15 is 0 Å². The number of para-hydroxylation sites is 1. The van der Waals surface area contributed by atoms with Crippen LogP contribution in [0, 0.1) is 0 Å². The van der Waals surface area contributed by atoms with Gasteiger partial charge in [-0.3, -0.25) is 4.79 Å². The number of carbonyl (C=O) groups is 1. The molecule has 188 valence electrons. The lowest BCUT2D eigenvalue weighted by molar-refractivity contribution is -0.135. The van der Waals surface area contributed by atoms with Crippen molar-refractivity contribution in [2.75, 3.05) is 26.4 Å². The molecule has 0 aromatic heterocycles. The fraction of sp³-hybridized carbons (Fsp3) is 0.367. The van der Waals surface area contributed by atoms with Crippen LogP contribution >= 0.6 is 0 Å². The van der Waals surface area contributed by atoms with Crippen molar-refractivity contribution in [3.8, 4) is 17.2 Å². The van der Waals surface area contributed by atoms with Gasteiger partial charge in [-0.25, -0.2) is 0 Å². The third-order valence-electron chi connectivity index (χ3n) is 6.62. The van der Waals surface area contributed by atoms with Crippen LogP contribution in [0.1, 0.15) is 37.0 Å². The Labute approximate surface area is 212 Å². The molecule has 0 saturated carbocycles. The molecule has 0 N–H and O–H groups in total. The third-order valence-corrected chi connectivity index (χ3v) is 6.62. The summed E-state index contributed by atoms with van der Waals surface area (Å²) in [5.41, 5.74) is 3.55. The van der Waals surface area contributed by atoms with Gasteiger partial charge in [0.25, 0.3) is 0 Å². The Bertz CT molecular complexity index is 1100. The molecule has 2 fully saturated rings. The van der Waals surface area contributed by atoms with Crippen LogP contribution in [0.3, 0.4) is 0 Å². The number of benzene rings is 3. The van der Waals surface area contributed by atoms with Gasteiger partial charge in [0.2, 0.25) is 0 Å². The predicted molar refractivity (Wildman–Crippen MR) is 136 cm³/mol. The average Bonchev–Trinajstić information content (AvgIpc) is 3.83. The highest BCUT2D eigenvalue weighted by atomic mass is 16.6. The maximum absolute atomic E-state index is 10.8. The van der Waals surface area contributed by atoms with Crippen molar-refractivity contribution in [1.82, 2.24) is 0 Å². The molecule has 0 spiro atoms. The molecular formula is C30H32O6. The topological polar surface area (TPSA) is 69.8 Å². The van der Waals surface area contributed by atoms with E-state index in [2.05, 4.69) is 38.1 Å². The van der Waals surface area contributed by atoms with Crippen molar-refractivity contribution < 1.29 is 28.5 Å². The van der Waals surface area contributed by atoms with Crippen molar-refractivity contribution in [1.29, 1.82) is 0 Å². The van der Waals surface area contributed by atoms with E-state index in [4.69, 9.17) is 23.7 Å². The predicted octanol–water partition coefficient (Wildman–Crippen LogP) is 5.11. The third kappa shape index (κ3) is 6.45. The van der Waals surface area contributed by atoms with Crippen LogP contribution < -0.4 is 14.2 Å². The van der Waals surface area contributed by atoms with Gasteiger partial charge in [0, 0.05) is 5.41 Å². The van der Waals surface area contributed by atoms with E-state index in [1.807, 2.05) is 48.5 Å². The molecule has 6 rings (SSSR count). The van der Waals surface area contributed by atoms with Crippen molar-refractivity contribution in [2.24, 2.45) is 0 Å². The molecule has 0 amide bonds. The van der Waals surface area contributed by atoms with Crippen molar-refractivity contribution >= 4 is 5.97 Å². The second-order valence-electron chi connectivity index (χ2n) is 9.79. The molecule has 6 nitrogen and oxygen atoms in total. The van der Waals surface area contributed by atoms with Crippen LogP contribution in [-0.4, -0.2) is 44.6 Å². The second-order valence-corrected chi connectivity index (χ2v) is 9.79. The van der Waals surface area contributed by atoms with Gasteiger partial charge < -0.3 is 23.7 Å². The van der Waals surface area contributed by atoms with Crippen molar-refractivity contribution in [3.63, 3.8) is 0 Å². The number of esters is 1. The largest absolute Gasteiger partial charge is 0.491 e. The zero-order chi connectivity index (χ0) is 25.0. The minimum atomic E-state index is -0.122. The summed E-state index contributed by atoms with van der Waals surface area (Å²) in [6.45, 7) is 7.37. The standard InChI is InChI=1S/C21H24O4.C9H8O2/c1-21(2,15-3-7-17(8-4-15)22-11-19-13-24-19)16-5-9-18(10-6-16)23-12-20-14-25-20;10-9-6-5-7-3-1-2-4-8(7)11-9/h3-10,19-20H,11-14H2,1-2H3;1-4H,5-6H2. The molecule has 3 aromatic carbocycles. The number of hydrogen-bond acceptors (Lipinski definition) is 6. The molecule has 2 unspecified atom stereocenters. The smallest absolute Gasteiger partial charge is 0.311 e. The van der Waals surface area contributed by atoms with Crippen molar-refractivity contribution in [2.45, 2.75) is 44.3 Å². The molecule has 2 atom stereocenters. The quantitative estimate of drug-likeness (QED) is 0.249. The first-order valence-electron chi connectivity index (χ1n) is 12.5. The van der Waals surface area contributed by atoms with Gasteiger partial charge in [-0.2, -0.15) is 0 Å². The number of ether oxygens (including phenoxy) is 5. The summed E-state index contributed by atoms with van der Waals surface area (Å²) < 4.78 is 26.8. The molecule has 3 aliphatic rings. The Kier molecular flexibility index (Phi) is 7.25.